The third-order valence-electron chi connectivity index (χ3n) is 2.17. The second-order valence-electron chi connectivity index (χ2n) is 3.59. The number of carbonyl (C=O) groups is 2. The highest BCUT2D eigenvalue weighted by atomic mass is 16.4. The van der Waals surface area contributed by atoms with Crippen molar-refractivity contribution in [3.63, 3.8) is 0 Å². The molecule has 1 saturated carbocycles. The molecule has 2 amide bonds. The van der Waals surface area contributed by atoms with E-state index in [0.717, 1.165) is 12.3 Å². The van der Waals surface area contributed by atoms with Crippen LogP contribution in [-0.2, 0) is 4.79 Å². The first-order chi connectivity index (χ1) is 6.68. The molecular weight excluding hydrogens is 184 g/mol. The molecule has 0 bridgehead atoms. The van der Waals surface area contributed by atoms with Gasteiger partial charge in [0.15, 0.2) is 0 Å². The number of hydrogen-bond donors (Lipinski definition) is 3. The number of amides is 2. The lowest BCUT2D eigenvalue weighted by molar-refractivity contribution is -0.135. The van der Waals surface area contributed by atoms with E-state index in [-0.39, 0.29) is 6.54 Å². The van der Waals surface area contributed by atoms with E-state index in [1.807, 2.05) is 0 Å². The molecule has 0 spiro atoms. The molecule has 5 heteroatoms. The number of carboxylic acids is 1. The molecule has 14 heavy (non-hydrogen) atoms. The average Bonchev–Trinajstić information content (AvgIpc) is 2.92. The maximum atomic E-state index is 10.9. The Balaban J connectivity index is 1.88. The fourth-order valence-electron chi connectivity index (χ4n) is 1.22. The van der Waals surface area contributed by atoms with E-state index in [1.165, 1.54) is 19.3 Å². The molecule has 1 fully saturated rings. The van der Waals surface area contributed by atoms with Crippen molar-refractivity contribution >= 4 is 12.0 Å². The molecule has 5 nitrogen and oxygen atoms in total. The van der Waals surface area contributed by atoms with E-state index in [2.05, 4.69) is 10.6 Å². The van der Waals surface area contributed by atoms with Crippen molar-refractivity contribution in [2.75, 3.05) is 13.1 Å². The van der Waals surface area contributed by atoms with Gasteiger partial charge in [-0.2, -0.15) is 0 Å². The number of carboxylic acid groups (broad SMARTS) is 1. The Morgan fingerprint density at radius 2 is 2.00 bits per heavy atom. The van der Waals surface area contributed by atoms with Crippen molar-refractivity contribution in [3.05, 3.63) is 0 Å². The molecule has 80 valence electrons. The van der Waals surface area contributed by atoms with Gasteiger partial charge in [0.1, 0.15) is 6.54 Å². The lowest BCUT2D eigenvalue weighted by Gasteiger charge is -2.04. The van der Waals surface area contributed by atoms with E-state index < -0.39 is 12.0 Å². The topological polar surface area (TPSA) is 78.4 Å². The fraction of sp³-hybridized carbons (Fsp3) is 0.778. The Morgan fingerprint density at radius 1 is 1.29 bits per heavy atom. The maximum absolute atomic E-state index is 10.9. The maximum Gasteiger partial charge on any atom is 0.323 e. The van der Waals surface area contributed by atoms with E-state index in [4.69, 9.17) is 5.11 Å². The number of urea groups is 1. The van der Waals surface area contributed by atoms with E-state index in [1.54, 1.807) is 0 Å². The Hall–Kier alpha value is -1.26. The predicted octanol–water partition coefficient (Wildman–Crippen LogP) is 0.560. The standard InChI is InChI=1S/C9H16N2O3/c12-8(13)6-11-9(14)10-5-1-2-7-3-4-7/h7H,1-6H2,(H,12,13)(H2,10,11,14). The molecular formula is C9H16N2O3. The number of rotatable bonds is 6. The van der Waals surface area contributed by atoms with Gasteiger partial charge in [-0.3, -0.25) is 4.79 Å². The first-order valence-electron chi connectivity index (χ1n) is 4.92. The highest BCUT2D eigenvalue weighted by molar-refractivity contribution is 5.79. The minimum atomic E-state index is -1.03. The van der Waals surface area contributed by atoms with Crippen LogP contribution in [0.4, 0.5) is 4.79 Å². The molecule has 0 unspecified atom stereocenters. The fourth-order valence-corrected chi connectivity index (χ4v) is 1.22. The quantitative estimate of drug-likeness (QED) is 0.548. The van der Waals surface area contributed by atoms with E-state index >= 15 is 0 Å². The van der Waals surface area contributed by atoms with Crippen LogP contribution < -0.4 is 10.6 Å². The molecule has 0 aliphatic heterocycles. The zero-order valence-electron chi connectivity index (χ0n) is 8.08. The van der Waals surface area contributed by atoms with Gasteiger partial charge in [-0.1, -0.05) is 12.8 Å². The first kappa shape index (κ1) is 10.8. The highest BCUT2D eigenvalue weighted by Gasteiger charge is 2.19. The third kappa shape index (κ3) is 5.40. The van der Waals surface area contributed by atoms with Crippen LogP contribution in [0.5, 0.6) is 0 Å². The van der Waals surface area contributed by atoms with Gasteiger partial charge in [-0.25, -0.2) is 4.79 Å². The molecule has 0 radical (unpaired) electrons. The molecule has 0 aromatic heterocycles. The van der Waals surface area contributed by atoms with E-state index in [9.17, 15) is 9.59 Å². The van der Waals surface area contributed by atoms with Crippen molar-refractivity contribution < 1.29 is 14.7 Å². The van der Waals surface area contributed by atoms with Crippen LogP contribution in [0.2, 0.25) is 0 Å². The summed E-state index contributed by atoms with van der Waals surface area (Å²) < 4.78 is 0. The Labute approximate surface area is 82.9 Å². The Morgan fingerprint density at radius 3 is 2.57 bits per heavy atom. The van der Waals surface area contributed by atoms with Crippen LogP contribution in [0.3, 0.4) is 0 Å². The summed E-state index contributed by atoms with van der Waals surface area (Å²) in [6, 6.07) is -0.400. The van der Waals surface area contributed by atoms with Gasteiger partial charge < -0.3 is 15.7 Å². The minimum Gasteiger partial charge on any atom is -0.480 e. The summed E-state index contributed by atoms with van der Waals surface area (Å²) in [4.78, 5) is 21.0. The lowest BCUT2D eigenvalue weighted by Crippen LogP contribution is -2.38. The van der Waals surface area contributed by atoms with Crippen LogP contribution in [-0.4, -0.2) is 30.2 Å². The third-order valence-corrected chi connectivity index (χ3v) is 2.17. The molecule has 0 saturated heterocycles. The van der Waals surface area contributed by atoms with Crippen LogP contribution in [0, 0.1) is 5.92 Å². The second kappa shape index (κ2) is 5.47. The van der Waals surface area contributed by atoms with Crippen molar-refractivity contribution in [1.29, 1.82) is 0 Å². The van der Waals surface area contributed by atoms with E-state index in [0.29, 0.717) is 6.54 Å². The number of aliphatic carboxylic acids is 1. The van der Waals surface area contributed by atoms with Crippen molar-refractivity contribution in [2.24, 2.45) is 5.92 Å². The normalized spacial score (nSPS) is 14.9. The summed E-state index contributed by atoms with van der Waals surface area (Å²) >= 11 is 0. The van der Waals surface area contributed by atoms with Crippen molar-refractivity contribution in [1.82, 2.24) is 10.6 Å². The highest BCUT2D eigenvalue weighted by Crippen LogP contribution is 2.33. The summed E-state index contributed by atoms with van der Waals surface area (Å²) in [6.07, 6.45) is 4.79. The largest absolute Gasteiger partial charge is 0.480 e. The predicted molar refractivity (Wildman–Crippen MR) is 51.0 cm³/mol. The molecule has 0 heterocycles. The summed E-state index contributed by atoms with van der Waals surface area (Å²) in [6.45, 7) is 0.302. The zero-order chi connectivity index (χ0) is 10.4. The van der Waals surface area contributed by atoms with Gasteiger partial charge in [0.2, 0.25) is 0 Å². The van der Waals surface area contributed by atoms with Gasteiger partial charge in [-0.15, -0.1) is 0 Å². The molecule has 3 N–H and O–H groups in total. The second-order valence-corrected chi connectivity index (χ2v) is 3.59. The summed E-state index contributed by atoms with van der Waals surface area (Å²) in [5.41, 5.74) is 0. The first-order valence-corrected chi connectivity index (χ1v) is 4.92. The van der Waals surface area contributed by atoms with Gasteiger partial charge in [0.25, 0.3) is 0 Å². The Bertz CT molecular complexity index is 214. The lowest BCUT2D eigenvalue weighted by atomic mass is 10.2. The Kier molecular flexibility index (Phi) is 4.22. The minimum absolute atomic E-state index is 0.325. The summed E-state index contributed by atoms with van der Waals surface area (Å²) in [7, 11) is 0. The molecule has 1 aliphatic rings. The van der Waals surface area contributed by atoms with Gasteiger partial charge in [0, 0.05) is 6.54 Å². The smallest absolute Gasteiger partial charge is 0.323 e. The summed E-state index contributed by atoms with van der Waals surface area (Å²) in [5.74, 6) is -0.156. The molecule has 1 aliphatic carbocycles. The average molecular weight is 200 g/mol. The number of carbonyl (C=O) groups excluding carboxylic acids is 1. The van der Waals surface area contributed by atoms with Crippen LogP contribution in [0.15, 0.2) is 0 Å². The molecule has 0 atom stereocenters. The van der Waals surface area contributed by atoms with Gasteiger partial charge in [-0.05, 0) is 18.8 Å². The monoisotopic (exact) mass is 200 g/mol. The van der Waals surface area contributed by atoms with Gasteiger partial charge in [0.05, 0.1) is 0 Å². The van der Waals surface area contributed by atoms with Gasteiger partial charge >= 0.3 is 12.0 Å². The van der Waals surface area contributed by atoms with Crippen molar-refractivity contribution in [2.45, 2.75) is 25.7 Å². The summed E-state index contributed by atoms with van der Waals surface area (Å²) in [5, 5.41) is 13.1. The molecule has 1 rings (SSSR count). The molecule has 0 aromatic carbocycles. The number of hydrogen-bond acceptors (Lipinski definition) is 2. The van der Waals surface area contributed by atoms with Crippen LogP contribution in [0.1, 0.15) is 25.7 Å². The SMILES string of the molecule is O=C(O)CNC(=O)NCCCC1CC1. The van der Waals surface area contributed by atoms with Crippen LogP contribution in [0.25, 0.3) is 0 Å². The van der Waals surface area contributed by atoms with Crippen molar-refractivity contribution in [3.8, 4) is 0 Å². The number of nitrogens with one attached hydrogen (secondary N) is 2. The molecule has 0 aromatic rings. The van der Waals surface area contributed by atoms with Crippen LogP contribution >= 0.6 is 0 Å². The zero-order valence-corrected chi connectivity index (χ0v) is 8.08.